The Morgan fingerprint density at radius 1 is 1.32 bits per heavy atom. The summed E-state index contributed by atoms with van der Waals surface area (Å²) in [7, 11) is -3.57. The normalized spacial score (nSPS) is 21.1. The van der Waals surface area contributed by atoms with Gasteiger partial charge in [0.05, 0.1) is 4.90 Å². The topological polar surface area (TPSA) is 58.2 Å². The van der Waals surface area contributed by atoms with Gasteiger partial charge in [0.2, 0.25) is 10.0 Å². The van der Waals surface area contributed by atoms with E-state index in [-0.39, 0.29) is 10.9 Å². The number of aryl methyl sites for hydroxylation is 1. The van der Waals surface area contributed by atoms with Crippen LogP contribution in [0.4, 0.5) is 4.39 Å². The fourth-order valence-electron chi connectivity index (χ4n) is 2.33. The third-order valence-electron chi connectivity index (χ3n) is 3.32. The smallest absolute Gasteiger partial charge is 0.241 e. The molecule has 1 saturated heterocycles. The maximum atomic E-state index is 13.0. The number of hydrogen-bond acceptors (Lipinski definition) is 3. The van der Waals surface area contributed by atoms with E-state index >= 15 is 0 Å². The lowest BCUT2D eigenvalue weighted by Gasteiger charge is -2.17. The molecule has 1 fully saturated rings. The van der Waals surface area contributed by atoms with Crippen molar-refractivity contribution in [2.75, 3.05) is 13.1 Å². The van der Waals surface area contributed by atoms with Gasteiger partial charge in [0.25, 0.3) is 0 Å². The molecule has 106 valence electrons. The second-order valence-corrected chi connectivity index (χ2v) is 6.59. The van der Waals surface area contributed by atoms with E-state index in [1.807, 2.05) is 0 Å². The average molecular weight is 286 g/mol. The highest BCUT2D eigenvalue weighted by molar-refractivity contribution is 7.89. The predicted octanol–water partition coefficient (Wildman–Crippen LogP) is 1.55. The Bertz CT molecular complexity index is 538. The molecule has 0 amide bonds. The molecule has 1 aliphatic rings. The average Bonchev–Trinajstić information content (AvgIpc) is 2.56. The molecule has 0 saturated carbocycles. The van der Waals surface area contributed by atoms with Gasteiger partial charge in [0.15, 0.2) is 0 Å². The van der Waals surface area contributed by atoms with Crippen LogP contribution in [0.2, 0.25) is 0 Å². The molecule has 19 heavy (non-hydrogen) atoms. The van der Waals surface area contributed by atoms with E-state index in [9.17, 15) is 12.8 Å². The van der Waals surface area contributed by atoms with Crippen molar-refractivity contribution in [3.05, 3.63) is 29.6 Å². The van der Waals surface area contributed by atoms with E-state index in [1.54, 1.807) is 6.92 Å². The Labute approximate surface area is 113 Å². The quantitative estimate of drug-likeness (QED) is 0.886. The molecule has 0 bridgehead atoms. The molecule has 0 aromatic heterocycles. The van der Waals surface area contributed by atoms with Crippen molar-refractivity contribution in [1.82, 2.24) is 10.0 Å². The summed E-state index contributed by atoms with van der Waals surface area (Å²) < 4.78 is 40.3. The van der Waals surface area contributed by atoms with Crippen LogP contribution in [0.1, 0.15) is 24.8 Å². The second-order valence-electron chi connectivity index (χ2n) is 4.91. The van der Waals surface area contributed by atoms with Gasteiger partial charge in [0, 0.05) is 6.04 Å². The van der Waals surface area contributed by atoms with Crippen molar-refractivity contribution in [3.63, 3.8) is 0 Å². The van der Waals surface area contributed by atoms with Gasteiger partial charge in [0.1, 0.15) is 5.82 Å². The SMILES string of the molecule is Cc1cc(F)ccc1S(=O)(=O)NC1CCCNCC1. The monoisotopic (exact) mass is 286 g/mol. The maximum absolute atomic E-state index is 13.0. The van der Waals surface area contributed by atoms with Gasteiger partial charge in [-0.15, -0.1) is 0 Å². The molecule has 2 rings (SSSR count). The van der Waals surface area contributed by atoms with Crippen LogP contribution in [0.15, 0.2) is 23.1 Å². The van der Waals surface area contributed by atoms with E-state index in [0.29, 0.717) is 5.56 Å². The highest BCUT2D eigenvalue weighted by Crippen LogP contribution is 2.18. The molecule has 0 aliphatic carbocycles. The Kier molecular flexibility index (Phi) is 4.54. The van der Waals surface area contributed by atoms with Crippen molar-refractivity contribution in [1.29, 1.82) is 0 Å². The Hall–Kier alpha value is -0.980. The van der Waals surface area contributed by atoms with Crippen LogP contribution in [-0.4, -0.2) is 27.5 Å². The third-order valence-corrected chi connectivity index (χ3v) is 5.00. The first kappa shape index (κ1) is 14.4. The lowest BCUT2D eigenvalue weighted by atomic mass is 10.1. The van der Waals surface area contributed by atoms with Gasteiger partial charge in [-0.25, -0.2) is 17.5 Å². The zero-order chi connectivity index (χ0) is 13.9. The molecule has 0 spiro atoms. The minimum atomic E-state index is -3.57. The van der Waals surface area contributed by atoms with Crippen molar-refractivity contribution < 1.29 is 12.8 Å². The predicted molar refractivity (Wildman–Crippen MR) is 72.0 cm³/mol. The number of halogens is 1. The zero-order valence-electron chi connectivity index (χ0n) is 10.9. The van der Waals surface area contributed by atoms with Crippen LogP contribution >= 0.6 is 0 Å². The molecule has 1 unspecified atom stereocenters. The number of hydrogen-bond donors (Lipinski definition) is 2. The molecule has 6 heteroatoms. The summed E-state index contributed by atoms with van der Waals surface area (Å²) in [5, 5.41) is 3.24. The van der Waals surface area contributed by atoms with Crippen LogP contribution in [0.25, 0.3) is 0 Å². The molecule has 4 nitrogen and oxygen atoms in total. The Morgan fingerprint density at radius 3 is 2.84 bits per heavy atom. The van der Waals surface area contributed by atoms with Crippen molar-refractivity contribution in [3.8, 4) is 0 Å². The number of nitrogens with one attached hydrogen (secondary N) is 2. The van der Waals surface area contributed by atoms with Gasteiger partial charge >= 0.3 is 0 Å². The molecule has 1 atom stereocenters. The largest absolute Gasteiger partial charge is 0.317 e. The fourth-order valence-corrected chi connectivity index (χ4v) is 3.87. The highest BCUT2D eigenvalue weighted by atomic mass is 32.2. The van der Waals surface area contributed by atoms with Gasteiger partial charge in [-0.3, -0.25) is 0 Å². The van der Waals surface area contributed by atoms with Gasteiger partial charge in [-0.05, 0) is 63.0 Å². The molecule has 1 aromatic rings. The molecule has 0 radical (unpaired) electrons. The Morgan fingerprint density at radius 2 is 2.11 bits per heavy atom. The van der Waals surface area contributed by atoms with Crippen molar-refractivity contribution >= 4 is 10.0 Å². The maximum Gasteiger partial charge on any atom is 0.241 e. The minimum Gasteiger partial charge on any atom is -0.317 e. The molecule has 2 N–H and O–H groups in total. The first-order chi connectivity index (χ1) is 8.99. The lowest BCUT2D eigenvalue weighted by Crippen LogP contribution is -2.35. The van der Waals surface area contributed by atoms with E-state index in [0.717, 1.165) is 32.4 Å². The van der Waals surface area contributed by atoms with Crippen LogP contribution in [-0.2, 0) is 10.0 Å². The first-order valence-electron chi connectivity index (χ1n) is 6.48. The number of rotatable bonds is 3. The molecule has 1 heterocycles. The summed E-state index contributed by atoms with van der Waals surface area (Å²) >= 11 is 0. The van der Waals surface area contributed by atoms with Crippen LogP contribution in [0.5, 0.6) is 0 Å². The molecular formula is C13H19FN2O2S. The van der Waals surface area contributed by atoms with E-state index < -0.39 is 15.8 Å². The first-order valence-corrected chi connectivity index (χ1v) is 7.96. The summed E-state index contributed by atoms with van der Waals surface area (Å²) in [6.45, 7) is 3.34. The van der Waals surface area contributed by atoms with Crippen LogP contribution < -0.4 is 10.0 Å². The van der Waals surface area contributed by atoms with Crippen molar-refractivity contribution in [2.24, 2.45) is 0 Å². The van der Waals surface area contributed by atoms with Crippen LogP contribution in [0, 0.1) is 12.7 Å². The summed E-state index contributed by atoms with van der Waals surface area (Å²) in [5.74, 6) is -0.421. The van der Waals surface area contributed by atoms with Gasteiger partial charge in [-0.1, -0.05) is 0 Å². The minimum absolute atomic E-state index is 0.0514. The molecule has 1 aliphatic heterocycles. The number of sulfonamides is 1. The van der Waals surface area contributed by atoms with Crippen LogP contribution in [0.3, 0.4) is 0 Å². The standard InChI is InChI=1S/C13H19FN2O2S/c1-10-9-11(14)4-5-13(10)19(17,18)16-12-3-2-7-15-8-6-12/h4-5,9,12,15-16H,2-3,6-8H2,1H3. The summed E-state index contributed by atoms with van der Waals surface area (Å²) in [6.07, 6.45) is 2.56. The molecular weight excluding hydrogens is 267 g/mol. The van der Waals surface area contributed by atoms with Gasteiger partial charge < -0.3 is 5.32 Å². The highest BCUT2D eigenvalue weighted by Gasteiger charge is 2.22. The van der Waals surface area contributed by atoms with E-state index in [4.69, 9.17) is 0 Å². The number of benzene rings is 1. The zero-order valence-corrected chi connectivity index (χ0v) is 11.8. The Balaban J connectivity index is 2.17. The van der Waals surface area contributed by atoms with Crippen molar-refractivity contribution in [2.45, 2.75) is 37.1 Å². The lowest BCUT2D eigenvalue weighted by molar-refractivity contribution is 0.517. The summed E-state index contributed by atoms with van der Waals surface area (Å²) in [5.41, 5.74) is 0.430. The van der Waals surface area contributed by atoms with Gasteiger partial charge in [-0.2, -0.15) is 0 Å². The third kappa shape index (κ3) is 3.75. The second kappa shape index (κ2) is 5.98. The van der Waals surface area contributed by atoms with E-state index in [1.165, 1.54) is 18.2 Å². The summed E-state index contributed by atoms with van der Waals surface area (Å²) in [6, 6.07) is 3.69. The van der Waals surface area contributed by atoms with E-state index in [2.05, 4.69) is 10.0 Å². The fraction of sp³-hybridized carbons (Fsp3) is 0.538. The summed E-state index contributed by atoms with van der Waals surface area (Å²) in [4.78, 5) is 0.158. The molecule has 1 aromatic carbocycles.